The Bertz CT molecular complexity index is 1500. The molecule has 7 rings (SSSR count). The zero-order valence-electron chi connectivity index (χ0n) is 23.2. The minimum atomic E-state index is -0.319. The molecule has 210 valence electrons. The fourth-order valence-corrected chi connectivity index (χ4v) is 7.29. The highest BCUT2D eigenvalue weighted by Crippen LogP contribution is 2.43. The van der Waals surface area contributed by atoms with Gasteiger partial charge < -0.3 is 19.6 Å². The minimum absolute atomic E-state index is 0.0281. The van der Waals surface area contributed by atoms with Crippen molar-refractivity contribution in [2.75, 3.05) is 36.0 Å². The third-order valence-corrected chi connectivity index (χ3v) is 9.37. The Hall–Kier alpha value is -3.46. The van der Waals surface area contributed by atoms with E-state index in [-0.39, 0.29) is 29.6 Å². The third-order valence-electron chi connectivity index (χ3n) is 9.37. The molecule has 3 aliphatic heterocycles. The number of hydrogen-bond donors (Lipinski definition) is 1. The van der Waals surface area contributed by atoms with E-state index in [1.54, 1.807) is 23.1 Å². The molecule has 0 bridgehead atoms. The second-order valence-corrected chi connectivity index (χ2v) is 11.7. The van der Waals surface area contributed by atoms with Gasteiger partial charge in [0.25, 0.3) is 5.91 Å². The van der Waals surface area contributed by atoms with Gasteiger partial charge >= 0.3 is 6.01 Å². The molecule has 40 heavy (non-hydrogen) atoms. The van der Waals surface area contributed by atoms with Gasteiger partial charge in [0.1, 0.15) is 29.6 Å². The van der Waals surface area contributed by atoms with Crippen molar-refractivity contribution in [3.63, 3.8) is 0 Å². The number of carbonyl (C=O) groups excluding carboxylic acids is 1. The molecule has 1 aliphatic carbocycles. The summed E-state index contributed by atoms with van der Waals surface area (Å²) in [6, 6.07) is 6.90. The lowest BCUT2D eigenvalue weighted by Crippen LogP contribution is -2.43. The topological polar surface area (TPSA) is 82.0 Å². The Morgan fingerprint density at radius 2 is 1.93 bits per heavy atom. The van der Waals surface area contributed by atoms with Crippen molar-refractivity contribution in [1.29, 1.82) is 0 Å². The molecule has 8 nitrogen and oxygen atoms in total. The lowest BCUT2D eigenvalue weighted by atomic mass is 9.95. The van der Waals surface area contributed by atoms with Crippen LogP contribution in [0.5, 0.6) is 11.8 Å². The first-order chi connectivity index (χ1) is 19.4. The molecule has 1 N–H and O–H groups in total. The number of fused-ring (bicyclic) bond motifs is 3. The first-order valence-corrected chi connectivity index (χ1v) is 14.7. The van der Waals surface area contributed by atoms with E-state index >= 15 is 0 Å². The van der Waals surface area contributed by atoms with Gasteiger partial charge in [-0.1, -0.05) is 13.0 Å². The van der Waals surface area contributed by atoms with Crippen molar-refractivity contribution < 1.29 is 19.0 Å². The number of carbonyl (C=O) groups is 1. The van der Waals surface area contributed by atoms with Gasteiger partial charge in [-0.2, -0.15) is 9.97 Å². The van der Waals surface area contributed by atoms with E-state index in [0.717, 1.165) is 45.3 Å². The maximum absolute atomic E-state index is 14.9. The second kappa shape index (κ2) is 9.58. The first kappa shape index (κ1) is 25.5. The summed E-state index contributed by atoms with van der Waals surface area (Å²) in [4.78, 5) is 30.2. The second-order valence-electron chi connectivity index (χ2n) is 11.7. The Kier molecular flexibility index (Phi) is 6.11. The highest BCUT2D eigenvalue weighted by molar-refractivity contribution is 6.16. The first-order valence-electron chi connectivity index (χ1n) is 14.7. The number of phenols is 1. The summed E-state index contributed by atoms with van der Waals surface area (Å²) < 4.78 is 21.3. The molecular formula is C31H36FN5O3. The lowest BCUT2D eigenvalue weighted by molar-refractivity contribution is 0.0996. The Balaban J connectivity index is 1.30. The molecule has 0 radical (unpaired) electrons. The van der Waals surface area contributed by atoms with Crippen molar-refractivity contribution in [3.05, 3.63) is 46.9 Å². The van der Waals surface area contributed by atoms with Crippen LogP contribution >= 0.6 is 0 Å². The van der Waals surface area contributed by atoms with Crippen LogP contribution < -0.4 is 14.5 Å². The molecule has 2 aromatic carbocycles. The summed E-state index contributed by atoms with van der Waals surface area (Å²) in [5.41, 5.74) is 2.17. The van der Waals surface area contributed by atoms with Crippen molar-refractivity contribution in [3.8, 4) is 11.8 Å². The fraction of sp³-hybridized carbons (Fsp3) is 0.516. The van der Waals surface area contributed by atoms with Crippen LogP contribution in [0.3, 0.4) is 0 Å². The molecule has 1 amide bonds. The largest absolute Gasteiger partial charge is 0.508 e. The monoisotopic (exact) mass is 545 g/mol. The maximum atomic E-state index is 14.9. The minimum Gasteiger partial charge on any atom is -0.508 e. The van der Waals surface area contributed by atoms with E-state index in [2.05, 4.69) is 16.7 Å². The zero-order valence-corrected chi connectivity index (χ0v) is 23.2. The number of anilines is 2. The van der Waals surface area contributed by atoms with Crippen molar-refractivity contribution in [1.82, 2.24) is 14.9 Å². The van der Waals surface area contributed by atoms with Gasteiger partial charge in [-0.25, -0.2) is 4.39 Å². The average molecular weight is 546 g/mol. The molecule has 1 aromatic heterocycles. The highest BCUT2D eigenvalue weighted by Gasteiger charge is 2.45. The molecule has 0 spiro atoms. The van der Waals surface area contributed by atoms with Gasteiger partial charge in [-0.3, -0.25) is 9.69 Å². The molecule has 3 aromatic rings. The molecule has 0 atom stereocenters. The molecular weight excluding hydrogens is 509 g/mol. The number of amides is 1. The van der Waals surface area contributed by atoms with Crippen LogP contribution in [-0.4, -0.2) is 63.7 Å². The molecule has 2 saturated heterocycles. The number of benzene rings is 2. The summed E-state index contributed by atoms with van der Waals surface area (Å²) >= 11 is 0. The van der Waals surface area contributed by atoms with Crippen LogP contribution in [0.15, 0.2) is 24.3 Å². The van der Waals surface area contributed by atoms with Crippen LogP contribution in [0, 0.1) is 5.82 Å². The number of ether oxygens (including phenoxy) is 1. The van der Waals surface area contributed by atoms with E-state index in [1.807, 2.05) is 6.92 Å². The molecule has 4 aliphatic rings. The van der Waals surface area contributed by atoms with E-state index in [4.69, 9.17) is 14.7 Å². The quantitative estimate of drug-likeness (QED) is 0.417. The molecule has 4 heterocycles. The van der Waals surface area contributed by atoms with Crippen LogP contribution in [0.25, 0.3) is 10.8 Å². The van der Waals surface area contributed by atoms with Crippen LogP contribution in [0.2, 0.25) is 0 Å². The molecule has 1 saturated carbocycles. The van der Waals surface area contributed by atoms with Crippen LogP contribution in [0.4, 0.5) is 15.9 Å². The third kappa shape index (κ3) is 4.00. The molecule has 3 fully saturated rings. The predicted octanol–water partition coefficient (Wildman–Crippen LogP) is 5.19. The zero-order chi connectivity index (χ0) is 27.6. The van der Waals surface area contributed by atoms with E-state index in [9.17, 15) is 14.3 Å². The van der Waals surface area contributed by atoms with Gasteiger partial charge in [0.15, 0.2) is 0 Å². The van der Waals surface area contributed by atoms with Gasteiger partial charge in [0.2, 0.25) is 0 Å². The van der Waals surface area contributed by atoms with Crippen molar-refractivity contribution >= 4 is 28.2 Å². The number of aromatic nitrogens is 2. The van der Waals surface area contributed by atoms with Crippen molar-refractivity contribution in [2.24, 2.45) is 0 Å². The van der Waals surface area contributed by atoms with Gasteiger partial charge in [-0.15, -0.1) is 0 Å². The Labute approximate surface area is 233 Å². The molecule has 0 unspecified atom stereocenters. The maximum Gasteiger partial charge on any atom is 0.318 e. The highest BCUT2D eigenvalue weighted by atomic mass is 19.1. The number of aromatic hydroxyl groups is 1. The van der Waals surface area contributed by atoms with E-state index < -0.39 is 0 Å². The normalized spacial score (nSPS) is 19.9. The standard InChI is InChI=1S/C31H36FN5O3/c1-3-22-23(32)10-7-19-15-21(38)16-25(26(19)22)37-17-24-27(29(37)39)28(36(4-2)20-8-9-20)34-30(33-24)40-18-31-11-5-13-35(31)14-6-12-31/h7,10,15-16,20,38H,3-6,8-9,11-14,17-18H2,1-2H3. The van der Waals surface area contributed by atoms with E-state index in [1.165, 1.54) is 18.9 Å². The summed E-state index contributed by atoms with van der Waals surface area (Å²) in [6.45, 7) is 7.69. The van der Waals surface area contributed by atoms with Crippen molar-refractivity contribution in [2.45, 2.75) is 76.9 Å². The fourth-order valence-electron chi connectivity index (χ4n) is 7.29. The average Bonchev–Trinajstić information content (AvgIpc) is 3.44. The predicted molar refractivity (Wildman–Crippen MR) is 152 cm³/mol. The number of halogens is 1. The summed E-state index contributed by atoms with van der Waals surface area (Å²) in [6.07, 6.45) is 7.22. The molecule has 9 heteroatoms. The van der Waals surface area contributed by atoms with Gasteiger partial charge in [-0.05, 0) is 88.0 Å². The summed E-state index contributed by atoms with van der Waals surface area (Å²) in [5, 5.41) is 11.9. The van der Waals surface area contributed by atoms with Crippen LogP contribution in [-0.2, 0) is 13.0 Å². The lowest BCUT2D eigenvalue weighted by Gasteiger charge is -2.31. The van der Waals surface area contributed by atoms with Gasteiger partial charge in [0, 0.05) is 24.0 Å². The summed E-state index contributed by atoms with van der Waals surface area (Å²) in [7, 11) is 0. The number of rotatable bonds is 8. The van der Waals surface area contributed by atoms with Gasteiger partial charge in [0.05, 0.1) is 23.5 Å². The number of hydrogen-bond acceptors (Lipinski definition) is 7. The Morgan fingerprint density at radius 3 is 2.62 bits per heavy atom. The number of aryl methyl sites for hydroxylation is 1. The smallest absolute Gasteiger partial charge is 0.318 e. The summed E-state index contributed by atoms with van der Waals surface area (Å²) in [5.74, 6) is 0.0991. The van der Waals surface area contributed by atoms with E-state index in [0.29, 0.717) is 64.2 Å². The number of phenolic OH excluding ortho intramolecular Hbond substituents is 1. The Morgan fingerprint density at radius 1 is 1.15 bits per heavy atom. The number of nitrogens with zero attached hydrogens (tertiary/aromatic N) is 5. The SMILES string of the molecule is CCc1c(F)ccc2cc(O)cc(N3Cc4nc(OCC56CCCN5CCC6)nc(N(CC)C5CC5)c4C3=O)c12. The van der Waals surface area contributed by atoms with Crippen LogP contribution in [0.1, 0.15) is 74.0 Å².